The largest absolute Gasteiger partial charge is 0.497 e. The van der Waals surface area contributed by atoms with E-state index < -0.39 is 0 Å². The molecule has 0 aromatic heterocycles. The number of piperidine rings is 1. The molecule has 0 aliphatic carbocycles. The predicted octanol–water partition coefficient (Wildman–Crippen LogP) is 33.2. The summed E-state index contributed by atoms with van der Waals surface area (Å²) in [6.07, 6.45) is 33.1. The van der Waals surface area contributed by atoms with E-state index in [2.05, 4.69) is 366 Å². The van der Waals surface area contributed by atoms with Crippen LogP contribution >= 0.6 is 0 Å². The number of hydrogen-bond donors (Lipinski definition) is 0. The average Bonchev–Trinajstić information content (AvgIpc) is 1.91. The summed E-state index contributed by atoms with van der Waals surface area (Å²) in [6, 6.07) is 0.590. The average molecular weight is 2070 g/mol. The van der Waals surface area contributed by atoms with Gasteiger partial charge in [0.25, 0.3) is 0 Å². The number of likely N-dealkylation sites (tertiary alicyclic amines) is 3. The smallest absolute Gasteiger partial charge is 0.100 e. The summed E-state index contributed by atoms with van der Waals surface area (Å²) >= 11 is 0. The molecule has 0 atom stereocenters. The zero-order valence-electron chi connectivity index (χ0n) is 106. The quantitative estimate of drug-likeness (QED) is 0.0538. The van der Waals surface area contributed by atoms with Crippen LogP contribution in [0.4, 0.5) is 0 Å². The first kappa shape index (κ1) is 152. The lowest BCUT2D eigenvalue weighted by Crippen LogP contribution is -2.35. The first-order valence-electron chi connectivity index (χ1n) is 59.7. The van der Waals surface area contributed by atoms with Crippen molar-refractivity contribution in [2.75, 3.05) is 231 Å². The molecule has 0 N–H and O–H groups in total. The molecule has 0 aromatic rings. The Bertz CT molecular complexity index is 3070. The van der Waals surface area contributed by atoms with Crippen molar-refractivity contribution >= 4 is 0 Å². The molecular weight excluding hydrogens is 1810 g/mol. The Morgan fingerprint density at radius 1 is 0.219 bits per heavy atom. The number of unbranched alkanes of at least 4 members (excludes halogenated alkanes) is 3. The number of ether oxygens (including phenoxy) is 9. The Kier molecular flexibility index (Phi) is 92.5. The Labute approximate surface area is 914 Å². The summed E-state index contributed by atoms with van der Waals surface area (Å²) < 4.78 is 51.8. The summed E-state index contributed by atoms with van der Waals surface area (Å²) in [5, 5.41) is 0. The highest BCUT2D eigenvalue weighted by Crippen LogP contribution is 2.37. The van der Waals surface area contributed by atoms with Crippen LogP contribution in [0.25, 0.3) is 0 Å². The van der Waals surface area contributed by atoms with Crippen LogP contribution in [0.1, 0.15) is 436 Å². The van der Waals surface area contributed by atoms with E-state index in [9.17, 15) is 0 Å². The fraction of sp³-hybridized carbons (Fsp3) is 0.859. The van der Waals surface area contributed by atoms with Gasteiger partial charge in [0, 0.05) is 114 Å². The summed E-state index contributed by atoms with van der Waals surface area (Å²) in [6.45, 7) is 153. The number of rotatable bonds is 73. The topological polar surface area (TPSA) is 112 Å². The Balaban J connectivity index is -0.000000378. The van der Waals surface area contributed by atoms with Gasteiger partial charge in [-0.1, -0.05) is 347 Å². The van der Waals surface area contributed by atoms with Gasteiger partial charge in [-0.15, -0.1) is 0 Å². The van der Waals surface area contributed by atoms with Gasteiger partial charge in [0.05, 0.1) is 51.8 Å². The molecule has 0 amide bonds. The fourth-order valence-corrected chi connectivity index (χ4v) is 14.1. The van der Waals surface area contributed by atoms with Crippen LogP contribution in [0.3, 0.4) is 0 Å². The van der Waals surface area contributed by atoms with Gasteiger partial charge in [0.2, 0.25) is 0 Å². The van der Waals surface area contributed by atoms with Crippen LogP contribution in [-0.4, -0.2) is 281 Å². The van der Waals surface area contributed by atoms with Gasteiger partial charge in [-0.2, -0.15) is 0 Å². The maximum atomic E-state index is 5.85. The van der Waals surface area contributed by atoms with Crippen molar-refractivity contribution in [2.24, 2.45) is 48.7 Å². The van der Waals surface area contributed by atoms with Crippen LogP contribution in [-0.2, 0) is 42.6 Å². The van der Waals surface area contributed by atoms with E-state index in [0.717, 1.165) is 254 Å². The van der Waals surface area contributed by atoms with E-state index in [0.29, 0.717) is 6.04 Å². The van der Waals surface area contributed by atoms with Gasteiger partial charge in [-0.05, 0) is 261 Å². The molecule has 3 saturated heterocycles. The summed E-state index contributed by atoms with van der Waals surface area (Å²) in [5.74, 6) is 8.32. The van der Waals surface area contributed by atoms with Crippen molar-refractivity contribution < 1.29 is 42.6 Å². The maximum Gasteiger partial charge on any atom is 0.100 e. The number of hydrogen-bond acceptors (Lipinski definition) is 18. The molecule has 146 heavy (non-hydrogen) atoms. The van der Waals surface area contributed by atoms with Crippen LogP contribution in [0.15, 0.2) is 111 Å². The van der Waals surface area contributed by atoms with Crippen molar-refractivity contribution in [3.8, 4) is 0 Å². The molecule has 0 spiro atoms. The van der Waals surface area contributed by atoms with Crippen LogP contribution < -0.4 is 0 Å². The molecule has 18 nitrogen and oxygen atoms in total. The maximum absolute atomic E-state index is 5.85. The van der Waals surface area contributed by atoms with Crippen molar-refractivity contribution in [2.45, 2.75) is 443 Å². The van der Waals surface area contributed by atoms with Gasteiger partial charge in [-0.25, -0.2) is 0 Å². The summed E-state index contributed by atoms with van der Waals surface area (Å²) in [7, 11) is 4.08. The monoisotopic (exact) mass is 2070 g/mol. The zero-order chi connectivity index (χ0) is 113. The van der Waals surface area contributed by atoms with Crippen molar-refractivity contribution in [1.82, 2.24) is 44.1 Å². The second-order valence-electron chi connectivity index (χ2n) is 47.4. The highest BCUT2D eigenvalue weighted by atomic mass is 16.5. The minimum Gasteiger partial charge on any atom is -0.497 e. The van der Waals surface area contributed by atoms with Crippen molar-refractivity contribution in [3.63, 3.8) is 0 Å². The molecule has 0 radical (unpaired) electrons. The zero-order valence-corrected chi connectivity index (χ0v) is 106. The van der Waals surface area contributed by atoms with Crippen molar-refractivity contribution in [3.05, 3.63) is 111 Å². The Morgan fingerprint density at radius 2 is 0.404 bits per heavy atom. The summed E-state index contributed by atoms with van der Waals surface area (Å²) in [4.78, 5) is 21.8. The molecule has 0 unspecified atom stereocenters. The Morgan fingerprint density at radius 3 is 0.616 bits per heavy atom. The molecule has 0 saturated carbocycles. The van der Waals surface area contributed by atoms with Gasteiger partial charge < -0.3 is 57.3 Å². The third kappa shape index (κ3) is 77.8. The molecule has 3 fully saturated rings. The Hall–Kier alpha value is -4.50. The lowest BCUT2D eigenvalue weighted by atomic mass is 9.88. The highest BCUT2D eigenvalue weighted by molar-refractivity contribution is 5.04. The first-order valence-corrected chi connectivity index (χ1v) is 59.7. The van der Waals surface area contributed by atoms with Gasteiger partial charge >= 0.3 is 0 Å². The van der Waals surface area contributed by atoms with Gasteiger partial charge in [0.15, 0.2) is 0 Å². The molecular formula is C128H259N9O9. The minimum atomic E-state index is 0.0894. The van der Waals surface area contributed by atoms with E-state index in [1.807, 2.05) is 14.1 Å². The molecule has 0 aromatic carbocycles. The fourth-order valence-electron chi connectivity index (χ4n) is 14.1. The second-order valence-corrected chi connectivity index (χ2v) is 47.4. The molecule has 3 aliphatic heterocycles. The molecule has 3 rings (SSSR count). The molecule has 0 bridgehead atoms. The predicted molar refractivity (Wildman–Crippen MR) is 647 cm³/mol. The molecule has 3 aliphatic rings. The van der Waals surface area contributed by atoms with Crippen molar-refractivity contribution in [1.29, 1.82) is 0 Å². The second kappa shape index (κ2) is 88.8. The van der Waals surface area contributed by atoms with E-state index in [4.69, 9.17) is 42.6 Å². The molecule has 870 valence electrons. The van der Waals surface area contributed by atoms with E-state index >= 15 is 0 Å². The standard InChI is InChI=1S/C17H35NO.C16H33NO.C15H29NO.C15H31NO.C14H27NO.C14H29NO.C13H25NO.C13H27NO.C11H23NO/c1-7-10-12-18(13-11-8-2)14-15-19-16(4)17(5,6)9-3;1-8-10-11-17(14(3)4)12-13-18-15(5)16(6,7)9-2;1-5-15(3,4)14(2)17-13-12-16-10-8-6-7-9-11-16;1-7-10-16(11-8-2)12-13-17-14(4)15(5,6)9-3;1-5-14(3,4)13(2)16-12-11-15-9-7-6-8-10-15;1-7-10-15(9-3)11-12-16-13(4)14(5,6)8-2;1-5-13(3,4)12(2)15-11-10-14-8-6-7-9-14;1-7-13(5,6)12(4)15-11-10-14(8-2)9-3;1-7-11(3,4)10(2)13-9-8-12(5)6/h4,7-15H2,1-3,5-6H3;14H,5,8-13H2,1-4,6-7H3;2,5-13H2,1,3-4H3;4,7-13H2,1-3,5-6H3;2,5-12H2,1,3-4H3;4,7-12H2,1-3,5-6H3;2,5-11H2,1,3-4H3;4,7-11H2,1-3,5-6H3;2,7-9H2,1,3-6H3. The number of allylic oxidation sites excluding steroid dienone is 9. The van der Waals surface area contributed by atoms with Gasteiger partial charge in [-0.3, -0.25) is 29.4 Å². The number of likely N-dealkylation sites (N-methyl/N-ethyl adjacent to an activating group) is 3. The lowest BCUT2D eigenvalue weighted by molar-refractivity contribution is 0.102. The highest BCUT2D eigenvalue weighted by Gasteiger charge is 2.29. The first-order chi connectivity index (χ1) is 68.3. The SMILES string of the molecule is C=C(OCCN(C)C)C(C)(C)CC.C=C(OCCN(CC)CC)C(C)(C)CC.C=C(OCCN(CC)CCC)C(C)(C)CC.C=C(OCCN(CCC)CCC)C(C)(C)CC.C=C(OCCN(CCCC)C(C)C)C(C)(C)CC.C=C(OCCN(CCCC)CCCC)C(C)(C)CC.C=C(OCCN1CCCC1)C(C)(C)CC.C=C(OCCN1CCCCC1)C(C)(C)CC.C=C(OCCN1CCCCCC1)C(C)(C)CC. The molecule has 18 heteroatoms. The normalized spacial score (nSPS) is 14.1. The third-order valence-electron chi connectivity index (χ3n) is 31.5. The minimum absolute atomic E-state index is 0.0894. The van der Waals surface area contributed by atoms with Gasteiger partial charge in [0.1, 0.15) is 59.5 Å². The van der Waals surface area contributed by atoms with Crippen LogP contribution in [0.2, 0.25) is 0 Å². The van der Waals surface area contributed by atoms with Crippen LogP contribution in [0, 0.1) is 48.7 Å². The molecule has 3 heterocycles. The number of nitrogens with zero attached hydrogens (tertiary/aromatic N) is 9. The lowest BCUT2D eigenvalue weighted by Gasteiger charge is -2.29. The van der Waals surface area contributed by atoms with E-state index in [1.54, 1.807) is 0 Å². The van der Waals surface area contributed by atoms with E-state index in [1.165, 1.54) is 188 Å². The summed E-state index contributed by atoms with van der Waals surface area (Å²) in [5.41, 5.74) is 0.924. The third-order valence-corrected chi connectivity index (χ3v) is 31.5. The van der Waals surface area contributed by atoms with E-state index in [-0.39, 0.29) is 48.7 Å². The van der Waals surface area contributed by atoms with Crippen LogP contribution in [0.5, 0.6) is 0 Å².